The van der Waals surface area contributed by atoms with Crippen molar-refractivity contribution in [2.24, 2.45) is 5.92 Å². The molecule has 1 aliphatic heterocycles. The van der Waals surface area contributed by atoms with E-state index in [0.29, 0.717) is 17.3 Å². The van der Waals surface area contributed by atoms with Crippen LogP contribution in [0.1, 0.15) is 64.0 Å². The second kappa shape index (κ2) is 11.5. The molecule has 10 heteroatoms. The molecule has 2 aromatic heterocycles. The molecule has 0 atom stereocenters. The van der Waals surface area contributed by atoms with Crippen LogP contribution in [0.15, 0.2) is 6.20 Å². The fraction of sp³-hybridized carbons (Fsp3) is 0.708. The number of hydrogen-bond donors (Lipinski definition) is 1. The minimum atomic E-state index is -4.12. The number of nitrogens with one attached hydrogen (secondary N) is 1. The Bertz CT molecular complexity index is 925. The number of fused-ring (bicyclic) bond motifs is 1. The van der Waals surface area contributed by atoms with Gasteiger partial charge in [0.05, 0.1) is 22.1 Å². The highest BCUT2D eigenvalue weighted by Gasteiger charge is 2.28. The van der Waals surface area contributed by atoms with E-state index in [1.807, 2.05) is 6.92 Å². The lowest BCUT2D eigenvalue weighted by Gasteiger charge is -2.30. The summed E-state index contributed by atoms with van der Waals surface area (Å²) < 4.78 is 37.5. The number of nitrogens with zero attached hydrogens (tertiary/aromatic N) is 3. The van der Waals surface area contributed by atoms with Crippen LogP contribution in [-0.4, -0.2) is 52.6 Å². The van der Waals surface area contributed by atoms with Gasteiger partial charge in [-0.25, -0.2) is 9.97 Å². The molecule has 1 amide bonds. The summed E-state index contributed by atoms with van der Waals surface area (Å²) in [6, 6.07) is 0.282. The molecule has 0 saturated heterocycles. The van der Waals surface area contributed by atoms with E-state index in [2.05, 4.69) is 20.2 Å². The Kier molecular flexibility index (Phi) is 8.63. The maximum Gasteiger partial charge on any atom is 0.389 e. The van der Waals surface area contributed by atoms with Gasteiger partial charge in [-0.3, -0.25) is 4.79 Å². The molecule has 0 spiro atoms. The summed E-state index contributed by atoms with van der Waals surface area (Å²) in [6.45, 7) is 4.89. The average Bonchev–Trinajstić information content (AvgIpc) is 3.32. The Morgan fingerprint density at radius 2 is 1.94 bits per heavy atom. The van der Waals surface area contributed by atoms with E-state index in [4.69, 9.17) is 0 Å². The predicted octanol–water partition coefficient (Wildman–Crippen LogP) is 5.11. The standard InChI is InChI=1S/C24H33F3N4OS2/c1-16-28-15-19(33-16)14-22(32)29-18-4-2-17(3-5-18)7-11-31-12-8-20-21(9-13-31)34-23(30-20)6-10-24(25,26)27/h15,17-18H,2-14H2,1H3,(H,29,32)/t17-,18-. The third-order valence-electron chi connectivity index (χ3n) is 6.83. The van der Waals surface area contributed by atoms with E-state index < -0.39 is 12.6 Å². The number of carbonyl (C=O) groups is 1. The molecule has 2 aliphatic rings. The number of amides is 1. The lowest BCUT2D eigenvalue weighted by Crippen LogP contribution is -2.38. The molecule has 34 heavy (non-hydrogen) atoms. The highest BCUT2D eigenvalue weighted by molar-refractivity contribution is 7.12. The molecule has 5 nitrogen and oxygen atoms in total. The summed E-state index contributed by atoms with van der Waals surface area (Å²) in [5.74, 6) is 0.793. The van der Waals surface area contributed by atoms with Crippen LogP contribution >= 0.6 is 22.7 Å². The lowest BCUT2D eigenvalue weighted by atomic mass is 9.84. The fourth-order valence-corrected chi connectivity index (χ4v) is 6.82. The van der Waals surface area contributed by atoms with Gasteiger partial charge in [0.15, 0.2) is 0 Å². The molecule has 2 aromatic rings. The first kappa shape index (κ1) is 25.6. The molecule has 0 bridgehead atoms. The van der Waals surface area contributed by atoms with Gasteiger partial charge in [-0.2, -0.15) is 13.2 Å². The normalized spacial score (nSPS) is 21.8. The first-order chi connectivity index (χ1) is 16.2. The van der Waals surface area contributed by atoms with Crippen LogP contribution in [0.2, 0.25) is 0 Å². The smallest absolute Gasteiger partial charge is 0.353 e. The Balaban J connectivity index is 1.13. The molecular formula is C24H33F3N4OS2. The molecular weight excluding hydrogens is 481 g/mol. The molecule has 1 N–H and O–H groups in total. The van der Waals surface area contributed by atoms with E-state index in [0.717, 1.165) is 73.7 Å². The monoisotopic (exact) mass is 514 g/mol. The maximum absolute atomic E-state index is 12.5. The minimum Gasteiger partial charge on any atom is -0.353 e. The number of aryl methyl sites for hydroxylation is 2. The zero-order valence-electron chi connectivity index (χ0n) is 19.6. The average molecular weight is 515 g/mol. The van der Waals surface area contributed by atoms with Gasteiger partial charge in [0.1, 0.15) is 0 Å². The van der Waals surface area contributed by atoms with Crippen molar-refractivity contribution in [1.29, 1.82) is 0 Å². The Morgan fingerprint density at radius 1 is 1.18 bits per heavy atom. The molecule has 0 aromatic carbocycles. The Hall–Kier alpha value is -1.52. The Labute approximate surface area is 207 Å². The van der Waals surface area contributed by atoms with Gasteiger partial charge in [-0.05, 0) is 57.9 Å². The zero-order chi connectivity index (χ0) is 24.1. The number of alkyl halides is 3. The largest absolute Gasteiger partial charge is 0.389 e. The van der Waals surface area contributed by atoms with Gasteiger partial charge in [-0.1, -0.05) is 0 Å². The van der Waals surface area contributed by atoms with Crippen molar-refractivity contribution in [3.05, 3.63) is 31.7 Å². The van der Waals surface area contributed by atoms with Gasteiger partial charge in [0.25, 0.3) is 0 Å². The summed E-state index contributed by atoms with van der Waals surface area (Å²) in [5, 5.41) is 4.82. The zero-order valence-corrected chi connectivity index (χ0v) is 21.3. The first-order valence-corrected chi connectivity index (χ1v) is 13.8. The number of aromatic nitrogens is 2. The van der Waals surface area contributed by atoms with E-state index in [1.54, 1.807) is 17.5 Å². The van der Waals surface area contributed by atoms with Crippen LogP contribution in [0.5, 0.6) is 0 Å². The first-order valence-electron chi connectivity index (χ1n) is 12.2. The van der Waals surface area contributed by atoms with Gasteiger partial charge < -0.3 is 10.2 Å². The van der Waals surface area contributed by atoms with Crippen molar-refractivity contribution in [3.63, 3.8) is 0 Å². The van der Waals surface area contributed by atoms with Crippen LogP contribution < -0.4 is 5.32 Å². The molecule has 4 rings (SSSR count). The predicted molar refractivity (Wildman–Crippen MR) is 129 cm³/mol. The summed E-state index contributed by atoms with van der Waals surface area (Å²) in [7, 11) is 0. The van der Waals surface area contributed by atoms with E-state index in [1.165, 1.54) is 22.6 Å². The van der Waals surface area contributed by atoms with E-state index in [9.17, 15) is 18.0 Å². The van der Waals surface area contributed by atoms with Crippen LogP contribution in [0.4, 0.5) is 13.2 Å². The van der Waals surface area contributed by atoms with Crippen molar-refractivity contribution in [2.75, 3.05) is 19.6 Å². The molecule has 0 unspecified atom stereocenters. The van der Waals surface area contributed by atoms with Crippen LogP contribution in [0.3, 0.4) is 0 Å². The molecule has 0 radical (unpaired) electrons. The van der Waals surface area contributed by atoms with Crippen molar-refractivity contribution in [1.82, 2.24) is 20.2 Å². The number of rotatable bonds is 8. The van der Waals surface area contributed by atoms with Crippen molar-refractivity contribution in [3.8, 4) is 0 Å². The third-order valence-corrected chi connectivity index (χ3v) is 8.96. The van der Waals surface area contributed by atoms with Gasteiger partial charge in [0.2, 0.25) is 5.91 Å². The van der Waals surface area contributed by atoms with Crippen molar-refractivity contribution >= 4 is 28.6 Å². The molecule has 1 aliphatic carbocycles. The summed E-state index contributed by atoms with van der Waals surface area (Å²) in [6.07, 6.45) is 4.57. The number of carbonyl (C=O) groups excluding carboxylic acids is 1. The van der Waals surface area contributed by atoms with Gasteiger partial charge in [0, 0.05) is 54.3 Å². The lowest BCUT2D eigenvalue weighted by molar-refractivity contribution is -0.134. The van der Waals surface area contributed by atoms with Gasteiger partial charge in [-0.15, -0.1) is 22.7 Å². The molecule has 3 heterocycles. The highest BCUT2D eigenvalue weighted by Crippen LogP contribution is 2.29. The number of halogens is 3. The minimum absolute atomic E-state index is 0.00107. The molecule has 1 fully saturated rings. The second-order valence-electron chi connectivity index (χ2n) is 9.53. The van der Waals surface area contributed by atoms with Crippen LogP contribution in [0.25, 0.3) is 0 Å². The van der Waals surface area contributed by atoms with E-state index >= 15 is 0 Å². The number of hydrogen-bond acceptors (Lipinski definition) is 6. The van der Waals surface area contributed by atoms with Crippen molar-refractivity contribution < 1.29 is 18.0 Å². The summed E-state index contributed by atoms with van der Waals surface area (Å²) in [4.78, 5) is 25.7. The van der Waals surface area contributed by atoms with E-state index in [-0.39, 0.29) is 18.4 Å². The molecule has 188 valence electrons. The highest BCUT2D eigenvalue weighted by atomic mass is 32.1. The van der Waals surface area contributed by atoms with Crippen LogP contribution in [-0.2, 0) is 30.5 Å². The third kappa shape index (κ3) is 7.75. The topological polar surface area (TPSA) is 58.1 Å². The summed E-state index contributed by atoms with van der Waals surface area (Å²) in [5.41, 5.74) is 1.01. The van der Waals surface area contributed by atoms with Crippen LogP contribution in [0, 0.1) is 12.8 Å². The van der Waals surface area contributed by atoms with Crippen molar-refractivity contribution in [2.45, 2.75) is 83.4 Å². The molecule has 1 saturated carbocycles. The second-order valence-corrected chi connectivity index (χ2v) is 12.0. The number of thiazole rings is 2. The fourth-order valence-electron chi connectivity index (χ4n) is 4.93. The van der Waals surface area contributed by atoms with Gasteiger partial charge >= 0.3 is 6.18 Å². The maximum atomic E-state index is 12.5. The Morgan fingerprint density at radius 3 is 2.65 bits per heavy atom. The SMILES string of the molecule is Cc1ncc(CC(=O)N[C@H]2CC[C@H](CCN3CCc4nc(CCC(F)(F)F)sc4CC3)CC2)s1. The quantitative estimate of drug-likeness (QED) is 0.532. The summed E-state index contributed by atoms with van der Waals surface area (Å²) >= 11 is 3.05.